The highest BCUT2D eigenvalue weighted by atomic mass is 16.7. The molecule has 25 heavy (non-hydrogen) atoms. The Hall–Kier alpha value is -3.22. The van der Waals surface area contributed by atoms with Gasteiger partial charge in [-0.25, -0.2) is 4.63 Å². The van der Waals surface area contributed by atoms with Gasteiger partial charge in [-0.1, -0.05) is 12.1 Å². The molecule has 1 atom stereocenters. The molecule has 4 rings (SSSR count). The molecule has 3 heterocycles. The molecular weight excluding hydrogens is 324 g/mol. The Morgan fingerprint density at radius 2 is 2.08 bits per heavy atom. The minimum absolute atomic E-state index is 0.404. The van der Waals surface area contributed by atoms with Gasteiger partial charge in [0, 0.05) is 19.8 Å². The lowest BCUT2D eigenvalue weighted by Gasteiger charge is -2.29. The van der Waals surface area contributed by atoms with Crippen LogP contribution in [-0.2, 0) is 9.47 Å². The summed E-state index contributed by atoms with van der Waals surface area (Å²) in [6.07, 6.45) is 0.963. The first-order valence-corrected chi connectivity index (χ1v) is 7.49. The maximum atomic E-state index is 9.87. The first kappa shape index (κ1) is 15.3. The lowest BCUT2D eigenvalue weighted by molar-refractivity contribution is -0.0746. The fraction of sp³-hybridized carbons (Fsp3) is 0.250. The molecule has 0 saturated heterocycles. The van der Waals surface area contributed by atoms with Gasteiger partial charge in [-0.3, -0.25) is 5.10 Å². The number of aromatic amines is 1. The van der Waals surface area contributed by atoms with Gasteiger partial charge in [0.05, 0.1) is 29.5 Å². The van der Waals surface area contributed by atoms with Crippen molar-refractivity contribution in [3.63, 3.8) is 0 Å². The molecule has 2 N–H and O–H groups in total. The average Bonchev–Trinajstić information content (AvgIpc) is 3.30. The van der Waals surface area contributed by atoms with Crippen LogP contribution in [0, 0.1) is 11.3 Å². The number of anilines is 1. The van der Waals surface area contributed by atoms with Crippen molar-refractivity contribution < 1.29 is 14.1 Å². The summed E-state index contributed by atoms with van der Waals surface area (Å²) in [5, 5.41) is 27.9. The van der Waals surface area contributed by atoms with E-state index in [1.165, 1.54) is 14.2 Å². The molecule has 1 aromatic carbocycles. The summed E-state index contributed by atoms with van der Waals surface area (Å²) in [6.45, 7) is 0. The molecule has 0 spiro atoms. The summed E-state index contributed by atoms with van der Waals surface area (Å²) in [5.41, 5.74) is 3.81. The van der Waals surface area contributed by atoms with E-state index in [9.17, 15) is 5.26 Å². The first-order chi connectivity index (χ1) is 12.3. The van der Waals surface area contributed by atoms with Crippen molar-refractivity contribution in [1.29, 1.82) is 5.26 Å². The molecule has 3 aromatic rings. The van der Waals surface area contributed by atoms with Crippen LogP contribution in [0.2, 0.25) is 0 Å². The summed E-state index contributed by atoms with van der Waals surface area (Å²) in [6, 6.07) is 7.82. The molecular formula is C16H14N6O3. The van der Waals surface area contributed by atoms with Gasteiger partial charge in [0.25, 0.3) is 0 Å². The smallest absolute Gasteiger partial charge is 0.199 e. The second-order valence-electron chi connectivity index (χ2n) is 5.48. The maximum absolute atomic E-state index is 9.87. The topological polar surface area (TPSA) is 122 Å². The fourth-order valence-electron chi connectivity index (χ4n) is 3.15. The predicted octanol–water partition coefficient (Wildman–Crippen LogP) is 1.90. The normalized spacial score (nSPS) is 16.8. The van der Waals surface area contributed by atoms with Crippen molar-refractivity contribution in [2.75, 3.05) is 19.5 Å². The zero-order valence-electron chi connectivity index (χ0n) is 13.5. The number of H-pyrrole nitrogens is 1. The van der Waals surface area contributed by atoms with E-state index in [-0.39, 0.29) is 0 Å². The monoisotopic (exact) mass is 338 g/mol. The fourth-order valence-corrected chi connectivity index (χ4v) is 3.15. The predicted molar refractivity (Wildman–Crippen MR) is 86.3 cm³/mol. The lowest BCUT2D eigenvalue weighted by Crippen LogP contribution is -2.28. The Morgan fingerprint density at radius 1 is 1.24 bits per heavy atom. The summed E-state index contributed by atoms with van der Waals surface area (Å²) in [7, 11) is 3.02. The van der Waals surface area contributed by atoms with Crippen molar-refractivity contribution in [3.8, 4) is 6.07 Å². The Bertz CT molecular complexity index is 995. The third-order valence-corrected chi connectivity index (χ3v) is 4.23. The third-order valence-electron chi connectivity index (χ3n) is 4.23. The zero-order valence-corrected chi connectivity index (χ0v) is 13.5. The van der Waals surface area contributed by atoms with E-state index in [1.807, 2.05) is 12.1 Å². The number of fused-ring (bicyclic) bond motifs is 2. The number of ether oxygens (including phenoxy) is 2. The van der Waals surface area contributed by atoms with E-state index in [1.54, 1.807) is 12.3 Å². The average molecular weight is 338 g/mol. The van der Waals surface area contributed by atoms with Crippen LogP contribution in [0.15, 0.2) is 40.3 Å². The number of rotatable bonds is 4. The standard InChI is InChI=1S/C16H14N6O3/c1-23-16(24-2)14-9(6-17)12(10-7-18-20-15(10)19-14)8-4-3-5-11-13(8)22-25-21-11/h3-5,7,12,16H,1-2H3,(H2,18,19,20). The van der Waals surface area contributed by atoms with Crippen molar-refractivity contribution >= 4 is 16.9 Å². The first-order valence-electron chi connectivity index (χ1n) is 7.49. The minimum atomic E-state index is -0.719. The van der Waals surface area contributed by atoms with Crippen molar-refractivity contribution in [2.24, 2.45) is 0 Å². The van der Waals surface area contributed by atoms with Gasteiger partial charge in [-0.05, 0) is 21.9 Å². The van der Waals surface area contributed by atoms with Crippen LogP contribution >= 0.6 is 0 Å². The van der Waals surface area contributed by atoms with E-state index in [2.05, 4.69) is 31.9 Å². The number of hydrogen-bond acceptors (Lipinski definition) is 8. The van der Waals surface area contributed by atoms with Crippen LogP contribution in [0.5, 0.6) is 0 Å². The van der Waals surface area contributed by atoms with Gasteiger partial charge in [-0.15, -0.1) is 0 Å². The molecule has 0 bridgehead atoms. The van der Waals surface area contributed by atoms with E-state index < -0.39 is 12.2 Å². The summed E-state index contributed by atoms with van der Waals surface area (Å²) < 4.78 is 15.6. The quantitative estimate of drug-likeness (QED) is 0.692. The maximum Gasteiger partial charge on any atom is 0.199 e. The zero-order chi connectivity index (χ0) is 17.4. The van der Waals surface area contributed by atoms with Crippen LogP contribution in [0.1, 0.15) is 17.0 Å². The Labute approximate surface area is 142 Å². The van der Waals surface area contributed by atoms with Gasteiger partial charge < -0.3 is 14.8 Å². The SMILES string of the molecule is COC(OC)C1=C(C#N)C(c2cccc3nonc23)c2cn[nH]c2N1. The minimum Gasteiger partial charge on any atom is -0.350 e. The molecule has 0 saturated carbocycles. The highest BCUT2D eigenvalue weighted by molar-refractivity contribution is 5.80. The number of aromatic nitrogens is 4. The van der Waals surface area contributed by atoms with E-state index in [4.69, 9.17) is 14.1 Å². The van der Waals surface area contributed by atoms with Crippen molar-refractivity contribution in [2.45, 2.75) is 12.2 Å². The number of hydrogen-bond donors (Lipinski definition) is 2. The van der Waals surface area contributed by atoms with Gasteiger partial charge in [-0.2, -0.15) is 10.4 Å². The lowest BCUT2D eigenvalue weighted by atomic mass is 9.82. The number of nitrogens with zero attached hydrogens (tertiary/aromatic N) is 4. The molecule has 0 amide bonds. The molecule has 9 nitrogen and oxygen atoms in total. The molecule has 0 aliphatic carbocycles. The van der Waals surface area contributed by atoms with Gasteiger partial charge in [0.15, 0.2) is 6.29 Å². The summed E-state index contributed by atoms with van der Waals surface area (Å²) in [5.74, 6) is 0.268. The van der Waals surface area contributed by atoms with Crippen LogP contribution in [-0.4, -0.2) is 41.0 Å². The van der Waals surface area contributed by atoms with Crippen LogP contribution in [0.25, 0.3) is 11.0 Å². The number of methoxy groups -OCH3 is 2. The van der Waals surface area contributed by atoms with Gasteiger partial charge >= 0.3 is 0 Å². The van der Waals surface area contributed by atoms with E-state index >= 15 is 0 Å². The molecule has 0 fully saturated rings. The summed E-state index contributed by atoms with van der Waals surface area (Å²) >= 11 is 0. The number of nitrogens with one attached hydrogen (secondary N) is 2. The number of nitriles is 1. The Balaban J connectivity index is 1.98. The third kappa shape index (κ3) is 2.27. The van der Waals surface area contributed by atoms with Crippen molar-refractivity contribution in [3.05, 3.63) is 46.8 Å². The van der Waals surface area contributed by atoms with Crippen molar-refractivity contribution in [1.82, 2.24) is 20.5 Å². The van der Waals surface area contributed by atoms with E-state index in [0.717, 1.165) is 11.1 Å². The van der Waals surface area contributed by atoms with Crippen LogP contribution < -0.4 is 5.32 Å². The molecule has 2 aromatic heterocycles. The summed E-state index contributed by atoms with van der Waals surface area (Å²) in [4.78, 5) is 0. The van der Waals surface area contributed by atoms with Gasteiger partial charge in [0.2, 0.25) is 0 Å². The second-order valence-corrected chi connectivity index (χ2v) is 5.48. The van der Waals surface area contributed by atoms with Crippen LogP contribution in [0.4, 0.5) is 5.82 Å². The highest BCUT2D eigenvalue weighted by Gasteiger charge is 2.35. The highest BCUT2D eigenvalue weighted by Crippen LogP contribution is 2.43. The molecule has 0 radical (unpaired) electrons. The number of benzene rings is 1. The van der Waals surface area contributed by atoms with E-state index in [0.29, 0.717) is 28.1 Å². The van der Waals surface area contributed by atoms with Crippen LogP contribution in [0.3, 0.4) is 0 Å². The second kappa shape index (κ2) is 6.01. The molecule has 1 aliphatic heterocycles. The van der Waals surface area contributed by atoms with Gasteiger partial charge in [0.1, 0.15) is 16.9 Å². The molecule has 1 aliphatic rings. The molecule has 9 heteroatoms. The molecule has 1 unspecified atom stereocenters. The Morgan fingerprint density at radius 3 is 2.84 bits per heavy atom. The Kier molecular flexibility index (Phi) is 3.68. The number of allylic oxidation sites excluding steroid dienone is 1. The largest absolute Gasteiger partial charge is 0.350 e. The molecule has 126 valence electrons.